The second kappa shape index (κ2) is 8.82. The highest BCUT2D eigenvalue weighted by Gasteiger charge is 2.38. The van der Waals surface area contributed by atoms with E-state index in [-0.39, 0.29) is 60.0 Å². The van der Waals surface area contributed by atoms with E-state index in [0.717, 1.165) is 0 Å². The third-order valence-electron chi connectivity index (χ3n) is 6.40. The molecule has 0 saturated carbocycles. The maximum absolute atomic E-state index is 15.3. The number of rotatable bonds is 3. The second-order valence-electron chi connectivity index (χ2n) is 10.3. The van der Waals surface area contributed by atoms with Crippen molar-refractivity contribution in [2.24, 2.45) is 0 Å². The number of benzene rings is 1. The summed E-state index contributed by atoms with van der Waals surface area (Å²) in [7, 11) is 0. The predicted octanol–water partition coefficient (Wildman–Crippen LogP) is 3.94. The van der Waals surface area contributed by atoms with Gasteiger partial charge in [0, 0.05) is 16.7 Å². The Morgan fingerprint density at radius 3 is 2.43 bits per heavy atom. The average molecular weight is 511 g/mol. The lowest BCUT2D eigenvalue weighted by atomic mass is 9.92. The van der Waals surface area contributed by atoms with Gasteiger partial charge in [0.15, 0.2) is 17.2 Å². The minimum Gasteiger partial charge on any atom is -0.493 e. The Morgan fingerprint density at radius 1 is 1.11 bits per heavy atom. The number of ketones is 2. The maximum atomic E-state index is 15.3. The summed E-state index contributed by atoms with van der Waals surface area (Å²) >= 11 is 0. The molecule has 0 spiro atoms. The molecule has 0 aliphatic carbocycles. The van der Waals surface area contributed by atoms with Crippen LogP contribution in [0.25, 0.3) is 5.65 Å². The molecule has 2 aliphatic rings. The molecule has 1 amide bonds. The number of carbonyl (C=O) groups is 3. The van der Waals surface area contributed by atoms with Crippen molar-refractivity contribution in [3.8, 4) is 11.5 Å². The molecule has 0 fully saturated rings. The van der Waals surface area contributed by atoms with Crippen molar-refractivity contribution in [3.63, 3.8) is 0 Å². The van der Waals surface area contributed by atoms with Gasteiger partial charge in [-0.25, -0.2) is 9.18 Å². The lowest BCUT2D eigenvalue weighted by Crippen LogP contribution is -2.38. The standard InChI is InChI=1S/C26H27FN4O6/c1-13(32)21(14(2)33)16-8-20-24(31-12-28-29-23(16)31)30(25(34)37-26(3,4)5)9-17-18(27)6-7-19-22(17)15(10-35-19)11-36-20/h6-8,12,15,21H,9-11H2,1-5H3/t15-/m1/s1. The molecule has 10 nitrogen and oxygen atoms in total. The minimum absolute atomic E-state index is 0.108. The van der Waals surface area contributed by atoms with E-state index < -0.39 is 23.4 Å². The van der Waals surface area contributed by atoms with Gasteiger partial charge in [-0.2, -0.15) is 0 Å². The smallest absolute Gasteiger partial charge is 0.416 e. The number of hydrogen-bond donors (Lipinski definition) is 0. The molecule has 0 radical (unpaired) electrons. The number of Topliss-reactive ketones (excluding diaryl/α,β-unsaturated/α-hetero) is 2. The fraction of sp³-hybridized carbons (Fsp3) is 0.423. The molecule has 11 heteroatoms. The zero-order valence-electron chi connectivity index (χ0n) is 21.2. The topological polar surface area (TPSA) is 112 Å². The first-order valence-electron chi connectivity index (χ1n) is 11.9. The van der Waals surface area contributed by atoms with Crippen LogP contribution in [0.1, 0.15) is 63.1 Å². The van der Waals surface area contributed by atoms with Crippen LogP contribution in [0.4, 0.5) is 15.0 Å². The molecule has 37 heavy (non-hydrogen) atoms. The number of aromatic nitrogens is 3. The number of ether oxygens (including phenoxy) is 3. The number of fused-ring (bicyclic) bond motifs is 3. The van der Waals surface area contributed by atoms with E-state index in [9.17, 15) is 14.4 Å². The molecule has 194 valence electrons. The number of pyridine rings is 1. The summed E-state index contributed by atoms with van der Waals surface area (Å²) in [6.07, 6.45) is 0.609. The van der Waals surface area contributed by atoms with Gasteiger partial charge < -0.3 is 14.2 Å². The lowest BCUT2D eigenvalue weighted by molar-refractivity contribution is -0.126. The van der Waals surface area contributed by atoms with Gasteiger partial charge in [-0.15, -0.1) is 10.2 Å². The van der Waals surface area contributed by atoms with Gasteiger partial charge in [0.05, 0.1) is 25.7 Å². The Bertz CT molecular complexity index is 1430. The summed E-state index contributed by atoms with van der Waals surface area (Å²) in [5.74, 6) is -1.70. The average Bonchev–Trinajstić information content (AvgIpc) is 3.44. The quantitative estimate of drug-likeness (QED) is 0.487. The van der Waals surface area contributed by atoms with E-state index in [2.05, 4.69) is 10.2 Å². The predicted molar refractivity (Wildman–Crippen MR) is 130 cm³/mol. The minimum atomic E-state index is -1.10. The fourth-order valence-electron chi connectivity index (χ4n) is 4.93. The van der Waals surface area contributed by atoms with Gasteiger partial charge in [-0.1, -0.05) is 0 Å². The molecule has 0 bridgehead atoms. The lowest BCUT2D eigenvalue weighted by Gasteiger charge is -2.29. The zero-order valence-corrected chi connectivity index (χ0v) is 21.2. The van der Waals surface area contributed by atoms with Gasteiger partial charge in [-0.3, -0.25) is 18.9 Å². The van der Waals surface area contributed by atoms with Crippen LogP contribution >= 0.6 is 0 Å². The Labute approximate surface area is 212 Å². The molecular formula is C26H27FN4O6. The number of halogens is 1. The number of hydrogen-bond acceptors (Lipinski definition) is 8. The first-order chi connectivity index (χ1) is 17.5. The van der Waals surface area contributed by atoms with Crippen molar-refractivity contribution in [3.05, 3.63) is 47.0 Å². The summed E-state index contributed by atoms with van der Waals surface area (Å²) in [4.78, 5) is 39.8. The highest BCUT2D eigenvalue weighted by atomic mass is 19.1. The van der Waals surface area contributed by atoms with Gasteiger partial charge in [0.25, 0.3) is 0 Å². The SMILES string of the molecule is CC(=O)C(C(C)=O)c1cc2c(n3cnnc13)N(C(=O)OC(C)(C)C)Cc1c(F)ccc3c1[C@H](CO3)CO2. The summed E-state index contributed by atoms with van der Waals surface area (Å²) in [6, 6.07) is 4.41. The third kappa shape index (κ3) is 4.28. The van der Waals surface area contributed by atoms with Crippen LogP contribution in [0.15, 0.2) is 24.5 Å². The summed E-state index contributed by atoms with van der Waals surface area (Å²) < 4.78 is 34.4. The van der Waals surface area contributed by atoms with E-state index in [1.54, 1.807) is 26.8 Å². The summed E-state index contributed by atoms with van der Waals surface area (Å²) in [5, 5.41) is 8.12. The van der Waals surface area contributed by atoms with Crippen LogP contribution < -0.4 is 14.4 Å². The number of amides is 1. The van der Waals surface area contributed by atoms with Crippen molar-refractivity contribution in [2.75, 3.05) is 18.1 Å². The normalized spacial score (nSPS) is 16.7. The number of carbonyl (C=O) groups excluding carboxylic acids is 3. The monoisotopic (exact) mass is 510 g/mol. The molecule has 1 aromatic carbocycles. The Hall–Kier alpha value is -4.02. The maximum Gasteiger partial charge on any atom is 0.416 e. The summed E-state index contributed by atoms with van der Waals surface area (Å²) in [6.45, 7) is 8.03. The second-order valence-corrected chi connectivity index (χ2v) is 10.3. The number of nitrogens with zero attached hydrogens (tertiary/aromatic N) is 4. The molecule has 5 rings (SSSR count). The molecule has 1 atom stereocenters. The molecule has 4 heterocycles. The van der Waals surface area contributed by atoms with Crippen LogP contribution in [-0.2, 0) is 20.9 Å². The Morgan fingerprint density at radius 2 is 1.78 bits per heavy atom. The molecule has 2 aromatic heterocycles. The van der Waals surface area contributed by atoms with Crippen molar-refractivity contribution in [1.82, 2.24) is 14.6 Å². The van der Waals surface area contributed by atoms with Crippen molar-refractivity contribution in [1.29, 1.82) is 0 Å². The first kappa shape index (κ1) is 24.7. The van der Waals surface area contributed by atoms with E-state index in [1.165, 1.54) is 41.6 Å². The molecule has 0 saturated heterocycles. The van der Waals surface area contributed by atoms with Crippen molar-refractivity contribution in [2.45, 2.75) is 58.6 Å². The highest BCUT2D eigenvalue weighted by molar-refractivity contribution is 6.07. The fourth-order valence-corrected chi connectivity index (χ4v) is 4.93. The molecule has 0 unspecified atom stereocenters. The Balaban J connectivity index is 1.78. The van der Waals surface area contributed by atoms with Crippen LogP contribution in [-0.4, -0.2) is 51.1 Å². The van der Waals surface area contributed by atoms with Gasteiger partial charge in [0.1, 0.15) is 41.0 Å². The number of anilines is 1. The summed E-state index contributed by atoms with van der Waals surface area (Å²) in [5.41, 5.74) is 0.573. The van der Waals surface area contributed by atoms with E-state index in [0.29, 0.717) is 16.9 Å². The van der Waals surface area contributed by atoms with Crippen molar-refractivity contribution >= 4 is 29.1 Å². The van der Waals surface area contributed by atoms with Crippen molar-refractivity contribution < 1.29 is 33.0 Å². The van der Waals surface area contributed by atoms with Crippen LogP contribution in [0, 0.1) is 5.82 Å². The van der Waals surface area contributed by atoms with Gasteiger partial charge >= 0.3 is 6.09 Å². The largest absolute Gasteiger partial charge is 0.493 e. The van der Waals surface area contributed by atoms with Crippen LogP contribution in [0.3, 0.4) is 0 Å². The molecule has 2 aliphatic heterocycles. The van der Waals surface area contributed by atoms with Gasteiger partial charge in [-0.05, 0) is 52.8 Å². The third-order valence-corrected chi connectivity index (χ3v) is 6.40. The molecule has 0 N–H and O–H groups in total. The highest BCUT2D eigenvalue weighted by Crippen LogP contribution is 2.43. The first-order valence-corrected chi connectivity index (χ1v) is 11.9. The van der Waals surface area contributed by atoms with E-state index in [1.807, 2.05) is 0 Å². The van der Waals surface area contributed by atoms with Crippen LogP contribution in [0.2, 0.25) is 0 Å². The van der Waals surface area contributed by atoms with E-state index >= 15 is 4.39 Å². The molecular weight excluding hydrogens is 483 g/mol. The van der Waals surface area contributed by atoms with Crippen LogP contribution in [0.5, 0.6) is 11.5 Å². The van der Waals surface area contributed by atoms with Gasteiger partial charge in [0.2, 0.25) is 0 Å². The Kier molecular flexibility index (Phi) is 5.88. The van der Waals surface area contributed by atoms with E-state index in [4.69, 9.17) is 14.2 Å². The molecule has 3 aromatic rings. The zero-order chi connectivity index (χ0) is 26.6.